The van der Waals surface area contributed by atoms with Gasteiger partial charge in [0.2, 0.25) is 0 Å². The van der Waals surface area contributed by atoms with Gasteiger partial charge in [0.05, 0.1) is 12.8 Å². The van der Waals surface area contributed by atoms with Crippen LogP contribution in [0.4, 0.5) is 0 Å². The molecule has 0 atom stereocenters. The Labute approximate surface area is 127 Å². The van der Waals surface area contributed by atoms with Crippen molar-refractivity contribution in [2.24, 2.45) is 7.05 Å². The Kier molecular flexibility index (Phi) is 4.45. The second-order valence-corrected chi connectivity index (χ2v) is 4.82. The molecule has 0 unspecified atom stereocenters. The second-order valence-electron chi connectivity index (χ2n) is 4.82. The lowest BCUT2D eigenvalue weighted by Crippen LogP contribution is -2.25. The van der Waals surface area contributed by atoms with Gasteiger partial charge in [-0.15, -0.1) is 0 Å². The van der Waals surface area contributed by atoms with E-state index in [0.29, 0.717) is 11.3 Å². The van der Waals surface area contributed by atoms with Gasteiger partial charge in [0.1, 0.15) is 17.0 Å². The summed E-state index contributed by atoms with van der Waals surface area (Å²) >= 11 is 0. The van der Waals surface area contributed by atoms with Crippen LogP contribution in [0.1, 0.15) is 32.1 Å². The fraction of sp³-hybridized carbons (Fsp3) is 0.267. The minimum atomic E-state index is -1.08. The fourth-order valence-electron chi connectivity index (χ4n) is 2.13. The molecule has 22 heavy (non-hydrogen) atoms. The van der Waals surface area contributed by atoms with Crippen LogP contribution in [0.2, 0.25) is 0 Å². The molecule has 2 aromatic rings. The summed E-state index contributed by atoms with van der Waals surface area (Å²) < 4.78 is 6.50. The number of carboxylic acids is 1. The van der Waals surface area contributed by atoms with Gasteiger partial charge in [-0.3, -0.25) is 9.48 Å². The highest BCUT2D eigenvalue weighted by Crippen LogP contribution is 2.19. The number of carbonyl (C=O) groups is 2. The molecule has 0 aliphatic carbocycles. The van der Waals surface area contributed by atoms with Gasteiger partial charge >= 0.3 is 5.97 Å². The smallest absolute Gasteiger partial charge is 0.339 e. The van der Waals surface area contributed by atoms with E-state index in [4.69, 9.17) is 9.84 Å². The van der Waals surface area contributed by atoms with E-state index in [1.165, 1.54) is 17.9 Å². The van der Waals surface area contributed by atoms with Crippen LogP contribution in [-0.4, -0.2) is 33.9 Å². The van der Waals surface area contributed by atoms with Gasteiger partial charge in [0.15, 0.2) is 0 Å². The normalized spacial score (nSPS) is 10.3. The van der Waals surface area contributed by atoms with Gasteiger partial charge < -0.3 is 15.2 Å². The third kappa shape index (κ3) is 3.25. The van der Waals surface area contributed by atoms with Crippen LogP contribution in [0.15, 0.2) is 24.3 Å². The van der Waals surface area contributed by atoms with Crippen LogP contribution >= 0.6 is 0 Å². The summed E-state index contributed by atoms with van der Waals surface area (Å²) in [5.41, 5.74) is 1.94. The highest BCUT2D eigenvalue weighted by atomic mass is 16.5. The zero-order valence-corrected chi connectivity index (χ0v) is 12.6. The van der Waals surface area contributed by atoms with Crippen molar-refractivity contribution in [2.75, 3.05) is 7.11 Å². The van der Waals surface area contributed by atoms with Crippen LogP contribution < -0.4 is 10.1 Å². The number of rotatable bonds is 5. The molecule has 1 heterocycles. The number of nitrogens with zero attached hydrogens (tertiary/aromatic N) is 2. The molecular formula is C15H17N3O4. The summed E-state index contributed by atoms with van der Waals surface area (Å²) in [6, 6.07) is 6.45. The largest absolute Gasteiger partial charge is 0.496 e. The van der Waals surface area contributed by atoms with Crippen molar-refractivity contribution in [1.82, 2.24) is 15.1 Å². The first-order valence-corrected chi connectivity index (χ1v) is 6.61. The lowest BCUT2D eigenvalue weighted by Gasteiger charge is -2.09. The molecule has 0 aliphatic heterocycles. The predicted molar refractivity (Wildman–Crippen MR) is 79.1 cm³/mol. The summed E-state index contributed by atoms with van der Waals surface area (Å²) in [5, 5.41) is 16.0. The van der Waals surface area contributed by atoms with Crippen LogP contribution in [-0.2, 0) is 13.6 Å². The van der Waals surface area contributed by atoms with Gasteiger partial charge in [-0.05, 0) is 30.7 Å². The molecule has 0 saturated carbocycles. The monoisotopic (exact) mass is 303 g/mol. The number of carboxylic acid groups (broad SMARTS) is 1. The number of aryl methyl sites for hydroxylation is 2. The first kappa shape index (κ1) is 15.6. The molecule has 7 nitrogen and oxygen atoms in total. The summed E-state index contributed by atoms with van der Waals surface area (Å²) in [6.45, 7) is 2.02. The van der Waals surface area contributed by atoms with Gasteiger partial charge in [0, 0.05) is 13.6 Å². The third-order valence-corrected chi connectivity index (χ3v) is 3.18. The Bertz CT molecular complexity index is 722. The molecule has 7 heteroatoms. The van der Waals surface area contributed by atoms with Crippen LogP contribution in [0.5, 0.6) is 5.75 Å². The van der Waals surface area contributed by atoms with Gasteiger partial charge in [-0.1, -0.05) is 6.07 Å². The number of carbonyl (C=O) groups excluding carboxylic acids is 1. The first-order chi connectivity index (χ1) is 10.4. The Morgan fingerprint density at radius 2 is 2.09 bits per heavy atom. The van der Waals surface area contributed by atoms with Crippen molar-refractivity contribution >= 4 is 11.9 Å². The lowest BCUT2D eigenvalue weighted by molar-refractivity contribution is 0.0693. The van der Waals surface area contributed by atoms with Gasteiger partial charge in [0.25, 0.3) is 5.91 Å². The molecule has 116 valence electrons. The van der Waals surface area contributed by atoms with E-state index in [1.807, 2.05) is 0 Å². The summed E-state index contributed by atoms with van der Waals surface area (Å²) in [6.07, 6.45) is 0. The number of ether oxygens (including phenoxy) is 1. The molecule has 1 aromatic heterocycles. The molecule has 0 fully saturated rings. The average Bonchev–Trinajstić information content (AvgIpc) is 2.83. The Hall–Kier alpha value is -2.83. The minimum absolute atomic E-state index is 0.0608. The molecular weight excluding hydrogens is 286 g/mol. The molecule has 2 rings (SSSR count). The maximum absolute atomic E-state index is 12.1. The maximum atomic E-state index is 12.1. The van der Waals surface area contributed by atoms with Crippen molar-refractivity contribution in [3.8, 4) is 5.75 Å². The number of methoxy groups -OCH3 is 1. The Morgan fingerprint density at radius 3 is 2.64 bits per heavy atom. The quantitative estimate of drug-likeness (QED) is 0.870. The SMILES string of the molecule is COc1ccc(CNC(=O)c2cc(C)nn2C)cc1C(=O)O. The highest BCUT2D eigenvalue weighted by molar-refractivity contribution is 5.93. The molecule has 1 aromatic carbocycles. The molecule has 0 saturated heterocycles. The van der Waals surface area contributed by atoms with E-state index in [1.54, 1.807) is 32.2 Å². The highest BCUT2D eigenvalue weighted by Gasteiger charge is 2.14. The summed E-state index contributed by atoms with van der Waals surface area (Å²) in [7, 11) is 3.10. The van der Waals surface area contributed by atoms with Crippen molar-refractivity contribution in [3.05, 3.63) is 46.8 Å². The van der Waals surface area contributed by atoms with Crippen LogP contribution in [0, 0.1) is 6.92 Å². The van der Waals surface area contributed by atoms with Crippen LogP contribution in [0.25, 0.3) is 0 Å². The van der Waals surface area contributed by atoms with E-state index >= 15 is 0 Å². The number of hydrogen-bond acceptors (Lipinski definition) is 4. The van der Waals surface area contributed by atoms with E-state index in [9.17, 15) is 9.59 Å². The Balaban J connectivity index is 2.11. The van der Waals surface area contributed by atoms with Crippen LogP contribution in [0.3, 0.4) is 0 Å². The summed E-state index contributed by atoms with van der Waals surface area (Å²) in [5.74, 6) is -1.06. The fourth-order valence-corrected chi connectivity index (χ4v) is 2.13. The van der Waals surface area contributed by atoms with Crippen molar-refractivity contribution in [3.63, 3.8) is 0 Å². The minimum Gasteiger partial charge on any atom is -0.496 e. The molecule has 0 radical (unpaired) electrons. The maximum Gasteiger partial charge on any atom is 0.339 e. The number of hydrogen-bond donors (Lipinski definition) is 2. The van der Waals surface area contributed by atoms with Gasteiger partial charge in [-0.2, -0.15) is 5.10 Å². The zero-order valence-electron chi connectivity index (χ0n) is 12.6. The van der Waals surface area contributed by atoms with E-state index in [2.05, 4.69) is 10.4 Å². The average molecular weight is 303 g/mol. The summed E-state index contributed by atoms with van der Waals surface area (Å²) in [4.78, 5) is 23.2. The molecule has 2 N–H and O–H groups in total. The van der Waals surface area contributed by atoms with Crippen molar-refractivity contribution < 1.29 is 19.4 Å². The zero-order chi connectivity index (χ0) is 16.3. The second kappa shape index (κ2) is 6.30. The number of benzene rings is 1. The number of nitrogens with one attached hydrogen (secondary N) is 1. The van der Waals surface area contributed by atoms with Crippen molar-refractivity contribution in [2.45, 2.75) is 13.5 Å². The van der Waals surface area contributed by atoms with Gasteiger partial charge in [-0.25, -0.2) is 4.79 Å². The van der Waals surface area contributed by atoms with E-state index in [-0.39, 0.29) is 23.8 Å². The van der Waals surface area contributed by atoms with E-state index in [0.717, 1.165) is 5.69 Å². The number of aromatic nitrogens is 2. The third-order valence-electron chi connectivity index (χ3n) is 3.18. The van der Waals surface area contributed by atoms with E-state index < -0.39 is 5.97 Å². The molecule has 0 bridgehead atoms. The number of aromatic carboxylic acids is 1. The molecule has 0 aliphatic rings. The topological polar surface area (TPSA) is 93.5 Å². The predicted octanol–water partition coefficient (Wildman–Crippen LogP) is 1.37. The molecule has 0 spiro atoms. The first-order valence-electron chi connectivity index (χ1n) is 6.61. The molecule has 1 amide bonds. The van der Waals surface area contributed by atoms with Crippen molar-refractivity contribution in [1.29, 1.82) is 0 Å². The Morgan fingerprint density at radius 1 is 1.36 bits per heavy atom. The lowest BCUT2D eigenvalue weighted by atomic mass is 10.1. The standard InChI is InChI=1S/C15H17N3O4/c1-9-6-12(18(2)17-9)14(19)16-8-10-4-5-13(22-3)11(7-10)15(20)21/h4-7H,8H2,1-3H3,(H,16,19)(H,20,21). The number of amides is 1.